The fraction of sp³-hybridized carbons (Fsp3) is 0.667. The summed E-state index contributed by atoms with van der Waals surface area (Å²) < 4.78 is 5.54. The zero-order valence-electron chi connectivity index (χ0n) is 7.34. The summed E-state index contributed by atoms with van der Waals surface area (Å²) in [7, 11) is 0. The lowest BCUT2D eigenvalue weighted by molar-refractivity contribution is 0.456. The van der Waals surface area contributed by atoms with Crippen molar-refractivity contribution in [1.29, 1.82) is 0 Å². The molecule has 0 aromatic carbocycles. The third kappa shape index (κ3) is 1.25. The van der Waals surface area contributed by atoms with Crippen molar-refractivity contribution in [1.82, 2.24) is 4.98 Å². The molecule has 1 aliphatic rings. The maximum atomic E-state index is 5.54. The number of aryl methyl sites for hydroxylation is 1. The number of rotatable bonds is 3. The second-order valence-electron chi connectivity index (χ2n) is 3.25. The molecule has 1 aromatic heterocycles. The van der Waals surface area contributed by atoms with Crippen LogP contribution in [0.1, 0.15) is 43.0 Å². The molecule has 1 saturated carbocycles. The number of nitrogens with zero attached hydrogens (tertiary/aromatic N) is 1. The molecule has 0 atom stereocenters. The summed E-state index contributed by atoms with van der Waals surface area (Å²) in [6.07, 6.45) is 3.47. The first kappa shape index (κ1) is 7.80. The van der Waals surface area contributed by atoms with Crippen molar-refractivity contribution >= 4 is 0 Å². The minimum atomic E-state index is 0.416. The molecule has 0 aliphatic heterocycles. The van der Waals surface area contributed by atoms with E-state index in [1.54, 1.807) is 0 Å². The Bertz CT molecular complexity index is 276. The van der Waals surface area contributed by atoms with Gasteiger partial charge >= 0.3 is 0 Å². The lowest BCUT2D eigenvalue weighted by atomic mass is 10.2. The van der Waals surface area contributed by atoms with Crippen molar-refractivity contribution in [2.75, 3.05) is 0 Å². The van der Waals surface area contributed by atoms with Crippen LogP contribution in [0.4, 0.5) is 0 Å². The third-order valence-electron chi connectivity index (χ3n) is 2.23. The predicted molar refractivity (Wildman–Crippen MR) is 45.7 cm³/mol. The van der Waals surface area contributed by atoms with Gasteiger partial charge in [-0.25, -0.2) is 4.98 Å². The van der Waals surface area contributed by atoms with E-state index in [-0.39, 0.29) is 0 Å². The highest BCUT2D eigenvalue weighted by atomic mass is 16.4. The van der Waals surface area contributed by atoms with E-state index in [0.717, 1.165) is 17.9 Å². The van der Waals surface area contributed by atoms with Crippen molar-refractivity contribution in [2.24, 2.45) is 5.73 Å². The summed E-state index contributed by atoms with van der Waals surface area (Å²) in [6, 6.07) is 0. The SMILES string of the molecule is CCc1nc(CN)oc1C1CC1. The second kappa shape index (κ2) is 2.90. The summed E-state index contributed by atoms with van der Waals surface area (Å²) >= 11 is 0. The Balaban J connectivity index is 2.29. The average Bonchev–Trinajstić information content (AvgIpc) is 2.85. The van der Waals surface area contributed by atoms with Gasteiger partial charge in [-0.15, -0.1) is 0 Å². The number of aromatic nitrogens is 1. The highest BCUT2D eigenvalue weighted by Gasteiger charge is 2.30. The fourth-order valence-corrected chi connectivity index (χ4v) is 1.42. The second-order valence-corrected chi connectivity index (χ2v) is 3.25. The molecule has 1 fully saturated rings. The van der Waals surface area contributed by atoms with E-state index in [1.807, 2.05) is 0 Å². The van der Waals surface area contributed by atoms with Crippen molar-refractivity contribution in [3.8, 4) is 0 Å². The maximum absolute atomic E-state index is 5.54. The van der Waals surface area contributed by atoms with Crippen LogP contribution in [-0.2, 0) is 13.0 Å². The Morgan fingerprint density at radius 1 is 1.58 bits per heavy atom. The fourth-order valence-electron chi connectivity index (χ4n) is 1.42. The van der Waals surface area contributed by atoms with Gasteiger partial charge in [-0.2, -0.15) is 0 Å². The molecule has 0 saturated heterocycles. The molecule has 0 bridgehead atoms. The van der Waals surface area contributed by atoms with Gasteiger partial charge in [-0.3, -0.25) is 0 Å². The summed E-state index contributed by atoms with van der Waals surface area (Å²) in [5.74, 6) is 2.43. The van der Waals surface area contributed by atoms with Crippen LogP contribution in [0.2, 0.25) is 0 Å². The molecule has 0 unspecified atom stereocenters. The zero-order valence-corrected chi connectivity index (χ0v) is 7.34. The third-order valence-corrected chi connectivity index (χ3v) is 2.23. The minimum Gasteiger partial charge on any atom is -0.444 e. The van der Waals surface area contributed by atoms with Crippen LogP contribution in [0, 0.1) is 0 Å². The average molecular weight is 166 g/mol. The highest BCUT2D eigenvalue weighted by Crippen LogP contribution is 2.42. The molecular weight excluding hydrogens is 152 g/mol. The van der Waals surface area contributed by atoms with Gasteiger partial charge in [0, 0.05) is 5.92 Å². The molecule has 12 heavy (non-hydrogen) atoms. The largest absolute Gasteiger partial charge is 0.444 e. The molecule has 3 heteroatoms. The van der Waals surface area contributed by atoms with E-state index >= 15 is 0 Å². The Kier molecular flexibility index (Phi) is 1.89. The molecule has 2 N–H and O–H groups in total. The molecule has 1 heterocycles. The number of hydrogen-bond donors (Lipinski definition) is 1. The van der Waals surface area contributed by atoms with Crippen molar-refractivity contribution in [2.45, 2.75) is 38.6 Å². The number of nitrogens with two attached hydrogens (primary N) is 1. The van der Waals surface area contributed by atoms with Gasteiger partial charge < -0.3 is 10.2 Å². The Morgan fingerprint density at radius 2 is 2.33 bits per heavy atom. The lowest BCUT2D eigenvalue weighted by Gasteiger charge is -1.91. The van der Waals surface area contributed by atoms with Gasteiger partial charge in [0.05, 0.1) is 12.2 Å². The topological polar surface area (TPSA) is 52.0 Å². The lowest BCUT2D eigenvalue weighted by Crippen LogP contribution is -1.95. The van der Waals surface area contributed by atoms with E-state index in [4.69, 9.17) is 10.2 Å². The quantitative estimate of drug-likeness (QED) is 0.741. The van der Waals surface area contributed by atoms with E-state index in [2.05, 4.69) is 11.9 Å². The van der Waals surface area contributed by atoms with Gasteiger partial charge in [0.25, 0.3) is 0 Å². The van der Waals surface area contributed by atoms with Crippen LogP contribution in [-0.4, -0.2) is 4.98 Å². The van der Waals surface area contributed by atoms with Crippen LogP contribution in [0.15, 0.2) is 4.42 Å². The van der Waals surface area contributed by atoms with E-state index in [0.29, 0.717) is 18.4 Å². The first-order chi connectivity index (χ1) is 5.85. The first-order valence-electron chi connectivity index (χ1n) is 4.53. The van der Waals surface area contributed by atoms with Gasteiger partial charge in [0.1, 0.15) is 5.76 Å². The van der Waals surface area contributed by atoms with Crippen molar-refractivity contribution in [3.63, 3.8) is 0 Å². The van der Waals surface area contributed by atoms with E-state index in [9.17, 15) is 0 Å². The van der Waals surface area contributed by atoms with Gasteiger partial charge in [0.15, 0.2) is 0 Å². The normalized spacial score (nSPS) is 16.8. The van der Waals surface area contributed by atoms with Crippen molar-refractivity contribution in [3.05, 3.63) is 17.3 Å². The van der Waals surface area contributed by atoms with Gasteiger partial charge in [0.2, 0.25) is 5.89 Å². The summed E-state index contributed by atoms with van der Waals surface area (Å²) in [4.78, 5) is 4.32. The maximum Gasteiger partial charge on any atom is 0.208 e. The molecule has 66 valence electrons. The van der Waals surface area contributed by atoms with E-state index < -0.39 is 0 Å². The summed E-state index contributed by atoms with van der Waals surface area (Å²) in [5, 5.41) is 0. The Labute approximate surface area is 72.0 Å². The molecule has 2 rings (SSSR count). The van der Waals surface area contributed by atoms with Gasteiger partial charge in [-0.05, 0) is 19.3 Å². The summed E-state index contributed by atoms with van der Waals surface area (Å²) in [6.45, 7) is 2.52. The zero-order chi connectivity index (χ0) is 8.55. The Hall–Kier alpha value is -0.830. The predicted octanol–water partition coefficient (Wildman–Crippen LogP) is 1.57. The Morgan fingerprint density at radius 3 is 2.83 bits per heavy atom. The van der Waals surface area contributed by atoms with Crippen molar-refractivity contribution < 1.29 is 4.42 Å². The number of oxazole rings is 1. The minimum absolute atomic E-state index is 0.416. The highest BCUT2D eigenvalue weighted by molar-refractivity contribution is 5.19. The summed E-state index contributed by atoms with van der Waals surface area (Å²) in [5.41, 5.74) is 6.56. The van der Waals surface area contributed by atoms with E-state index in [1.165, 1.54) is 12.8 Å². The molecule has 0 amide bonds. The molecular formula is C9H14N2O. The van der Waals surface area contributed by atoms with Crippen LogP contribution >= 0.6 is 0 Å². The molecule has 0 spiro atoms. The molecule has 3 nitrogen and oxygen atoms in total. The van der Waals surface area contributed by atoms with Crippen LogP contribution in [0.3, 0.4) is 0 Å². The van der Waals surface area contributed by atoms with Crippen LogP contribution in [0.5, 0.6) is 0 Å². The monoisotopic (exact) mass is 166 g/mol. The van der Waals surface area contributed by atoms with Crippen LogP contribution in [0.25, 0.3) is 0 Å². The first-order valence-corrected chi connectivity index (χ1v) is 4.53. The smallest absolute Gasteiger partial charge is 0.208 e. The number of hydrogen-bond acceptors (Lipinski definition) is 3. The molecule has 1 aliphatic carbocycles. The van der Waals surface area contributed by atoms with Crippen LogP contribution < -0.4 is 5.73 Å². The standard InChI is InChI=1S/C9H14N2O/c1-2-7-9(6-3-4-6)12-8(5-10)11-7/h6H,2-5,10H2,1H3. The van der Waals surface area contributed by atoms with Gasteiger partial charge in [-0.1, -0.05) is 6.92 Å². The molecule has 1 aromatic rings. The molecule has 0 radical (unpaired) electrons.